The predicted molar refractivity (Wildman–Crippen MR) is 46.7 cm³/mol. The Morgan fingerprint density at radius 3 is 2.58 bits per heavy atom. The van der Waals surface area contributed by atoms with Gasteiger partial charge in [0.1, 0.15) is 5.82 Å². The number of nitrogens with one attached hydrogen (secondary N) is 2. The Bertz CT molecular complexity index is 314. The SMILES string of the molecule is Cl.Cn1c(C2CNC2)n[nH]c1=O. The van der Waals surface area contributed by atoms with Crippen LogP contribution in [0.2, 0.25) is 0 Å². The zero-order valence-electron chi connectivity index (χ0n) is 6.70. The second-order valence-electron chi connectivity index (χ2n) is 2.80. The lowest BCUT2D eigenvalue weighted by molar-refractivity contribution is 0.419. The summed E-state index contributed by atoms with van der Waals surface area (Å²) in [5, 5.41) is 9.47. The molecule has 0 saturated carbocycles. The molecule has 12 heavy (non-hydrogen) atoms. The molecule has 0 aliphatic carbocycles. The number of hydrogen-bond acceptors (Lipinski definition) is 3. The van der Waals surface area contributed by atoms with E-state index in [1.54, 1.807) is 11.6 Å². The molecule has 1 fully saturated rings. The number of nitrogens with zero attached hydrogens (tertiary/aromatic N) is 2. The Balaban J connectivity index is 0.000000720. The van der Waals surface area contributed by atoms with Gasteiger partial charge in [-0.15, -0.1) is 12.4 Å². The third-order valence-electron chi connectivity index (χ3n) is 2.06. The van der Waals surface area contributed by atoms with Gasteiger partial charge in [0.15, 0.2) is 0 Å². The van der Waals surface area contributed by atoms with Crippen LogP contribution < -0.4 is 11.0 Å². The van der Waals surface area contributed by atoms with Crippen molar-refractivity contribution in [2.75, 3.05) is 13.1 Å². The number of hydrogen-bond donors (Lipinski definition) is 2. The number of aromatic nitrogens is 3. The fourth-order valence-electron chi connectivity index (χ4n) is 1.20. The van der Waals surface area contributed by atoms with Crippen LogP contribution in [0.5, 0.6) is 0 Å². The van der Waals surface area contributed by atoms with Crippen LogP contribution in [-0.4, -0.2) is 27.9 Å². The van der Waals surface area contributed by atoms with E-state index in [4.69, 9.17) is 0 Å². The number of aromatic amines is 1. The van der Waals surface area contributed by atoms with Crippen LogP contribution in [0, 0.1) is 0 Å². The molecule has 0 unspecified atom stereocenters. The first-order valence-electron chi connectivity index (χ1n) is 3.61. The van der Waals surface area contributed by atoms with Crippen molar-refractivity contribution in [2.45, 2.75) is 5.92 Å². The highest BCUT2D eigenvalue weighted by Crippen LogP contribution is 2.14. The van der Waals surface area contributed by atoms with Crippen molar-refractivity contribution in [2.24, 2.45) is 7.05 Å². The molecular weight excluding hydrogens is 180 g/mol. The maximum absolute atomic E-state index is 10.9. The minimum absolute atomic E-state index is 0. The molecule has 1 saturated heterocycles. The Morgan fingerprint density at radius 1 is 1.58 bits per heavy atom. The highest BCUT2D eigenvalue weighted by Gasteiger charge is 2.23. The molecule has 2 heterocycles. The van der Waals surface area contributed by atoms with Gasteiger partial charge in [-0.2, -0.15) is 5.10 Å². The molecule has 2 N–H and O–H groups in total. The van der Waals surface area contributed by atoms with E-state index in [1.165, 1.54) is 0 Å². The van der Waals surface area contributed by atoms with Crippen molar-refractivity contribution in [3.8, 4) is 0 Å². The van der Waals surface area contributed by atoms with E-state index in [-0.39, 0.29) is 18.1 Å². The van der Waals surface area contributed by atoms with Crippen LogP contribution in [-0.2, 0) is 7.05 Å². The molecule has 0 bridgehead atoms. The zero-order valence-corrected chi connectivity index (χ0v) is 7.52. The largest absolute Gasteiger partial charge is 0.343 e. The minimum atomic E-state index is -0.132. The Hall–Kier alpha value is -0.810. The smallest absolute Gasteiger partial charge is 0.315 e. The zero-order chi connectivity index (χ0) is 7.84. The fourth-order valence-corrected chi connectivity index (χ4v) is 1.20. The number of rotatable bonds is 1. The van der Waals surface area contributed by atoms with Crippen molar-refractivity contribution >= 4 is 12.4 Å². The average molecular weight is 191 g/mol. The van der Waals surface area contributed by atoms with Gasteiger partial charge in [0.25, 0.3) is 0 Å². The van der Waals surface area contributed by atoms with Crippen LogP contribution in [0.3, 0.4) is 0 Å². The summed E-state index contributed by atoms with van der Waals surface area (Å²) in [7, 11) is 1.74. The average Bonchev–Trinajstić information content (AvgIpc) is 2.15. The summed E-state index contributed by atoms with van der Waals surface area (Å²) < 4.78 is 1.56. The van der Waals surface area contributed by atoms with Crippen molar-refractivity contribution in [1.29, 1.82) is 0 Å². The fraction of sp³-hybridized carbons (Fsp3) is 0.667. The number of H-pyrrole nitrogens is 1. The molecule has 0 atom stereocenters. The molecule has 0 spiro atoms. The van der Waals surface area contributed by atoms with Gasteiger partial charge in [-0.05, 0) is 0 Å². The van der Waals surface area contributed by atoms with Gasteiger partial charge in [-0.3, -0.25) is 4.57 Å². The van der Waals surface area contributed by atoms with Crippen LogP contribution >= 0.6 is 12.4 Å². The Morgan fingerprint density at radius 2 is 2.25 bits per heavy atom. The first kappa shape index (κ1) is 9.28. The lowest BCUT2D eigenvalue weighted by Crippen LogP contribution is -2.41. The standard InChI is InChI=1S/C6H10N4O.ClH/c1-10-5(4-2-7-3-4)8-9-6(10)11;/h4,7H,2-3H2,1H3,(H,9,11);1H. The maximum Gasteiger partial charge on any atom is 0.343 e. The van der Waals surface area contributed by atoms with Crippen molar-refractivity contribution in [3.05, 3.63) is 16.3 Å². The summed E-state index contributed by atoms with van der Waals surface area (Å²) in [6.45, 7) is 1.86. The molecule has 0 radical (unpaired) electrons. The summed E-state index contributed by atoms with van der Waals surface area (Å²) in [6, 6.07) is 0. The van der Waals surface area contributed by atoms with Gasteiger partial charge in [-0.1, -0.05) is 0 Å². The third-order valence-corrected chi connectivity index (χ3v) is 2.06. The summed E-state index contributed by atoms with van der Waals surface area (Å²) in [4.78, 5) is 10.9. The van der Waals surface area contributed by atoms with Crippen LogP contribution in [0.25, 0.3) is 0 Å². The highest BCUT2D eigenvalue weighted by atomic mass is 35.5. The van der Waals surface area contributed by atoms with E-state index >= 15 is 0 Å². The van der Waals surface area contributed by atoms with Crippen molar-refractivity contribution in [1.82, 2.24) is 20.1 Å². The second kappa shape index (κ2) is 3.28. The Kier molecular flexibility index (Phi) is 2.54. The third kappa shape index (κ3) is 1.25. The van der Waals surface area contributed by atoms with E-state index in [0.29, 0.717) is 5.92 Å². The van der Waals surface area contributed by atoms with E-state index in [0.717, 1.165) is 18.9 Å². The van der Waals surface area contributed by atoms with Gasteiger partial charge in [0, 0.05) is 26.1 Å². The second-order valence-corrected chi connectivity index (χ2v) is 2.80. The summed E-state index contributed by atoms with van der Waals surface area (Å²) in [5.41, 5.74) is -0.132. The molecule has 6 heteroatoms. The molecule has 5 nitrogen and oxygen atoms in total. The van der Waals surface area contributed by atoms with Gasteiger partial charge in [0.05, 0.1) is 0 Å². The lowest BCUT2D eigenvalue weighted by Gasteiger charge is -2.25. The summed E-state index contributed by atoms with van der Waals surface area (Å²) in [5.74, 6) is 1.27. The first-order chi connectivity index (χ1) is 5.29. The quantitative estimate of drug-likeness (QED) is 0.611. The number of halogens is 1. The molecule has 1 aliphatic heterocycles. The van der Waals surface area contributed by atoms with Gasteiger partial charge < -0.3 is 5.32 Å². The molecule has 2 rings (SSSR count). The summed E-state index contributed by atoms with van der Waals surface area (Å²) >= 11 is 0. The first-order valence-corrected chi connectivity index (χ1v) is 3.61. The van der Waals surface area contributed by atoms with E-state index in [1.807, 2.05) is 0 Å². The molecular formula is C6H11ClN4O. The van der Waals surface area contributed by atoms with Crippen molar-refractivity contribution in [3.63, 3.8) is 0 Å². The van der Waals surface area contributed by atoms with Gasteiger partial charge >= 0.3 is 5.69 Å². The highest BCUT2D eigenvalue weighted by molar-refractivity contribution is 5.85. The van der Waals surface area contributed by atoms with Gasteiger partial charge in [0.2, 0.25) is 0 Å². The van der Waals surface area contributed by atoms with Crippen LogP contribution in [0.4, 0.5) is 0 Å². The molecule has 0 aromatic carbocycles. The van der Waals surface area contributed by atoms with Crippen LogP contribution in [0.1, 0.15) is 11.7 Å². The molecule has 1 aliphatic rings. The van der Waals surface area contributed by atoms with Crippen LogP contribution in [0.15, 0.2) is 4.79 Å². The molecule has 1 aromatic heterocycles. The van der Waals surface area contributed by atoms with Crippen molar-refractivity contribution < 1.29 is 0 Å². The van der Waals surface area contributed by atoms with E-state index in [9.17, 15) is 4.79 Å². The van der Waals surface area contributed by atoms with E-state index in [2.05, 4.69) is 15.5 Å². The van der Waals surface area contributed by atoms with E-state index < -0.39 is 0 Å². The monoisotopic (exact) mass is 190 g/mol. The lowest BCUT2D eigenvalue weighted by atomic mass is 10.0. The van der Waals surface area contributed by atoms with Gasteiger partial charge in [-0.25, -0.2) is 9.89 Å². The molecule has 68 valence electrons. The Labute approximate surface area is 75.6 Å². The molecule has 0 amide bonds. The predicted octanol–water partition coefficient (Wildman–Crippen LogP) is -0.783. The topological polar surface area (TPSA) is 62.7 Å². The summed E-state index contributed by atoms with van der Waals surface area (Å²) in [6.07, 6.45) is 0. The normalized spacial score (nSPS) is 16.8. The maximum atomic E-state index is 10.9. The minimum Gasteiger partial charge on any atom is -0.315 e. The molecule has 1 aromatic rings.